The standard InChI is InChI=1S/C8H6F7N2O/c1-16-2-3-17(4-16)5(18)6(9,10)7(11,12)8(13,14)15/h2-4H,1H3/q+1. The predicted molar refractivity (Wildman–Crippen MR) is 42.2 cm³/mol. The second kappa shape index (κ2) is 3.95. The van der Waals surface area contributed by atoms with Crippen molar-refractivity contribution in [2.45, 2.75) is 18.0 Å². The molecule has 3 nitrogen and oxygen atoms in total. The number of hydrogen-bond acceptors (Lipinski definition) is 1. The summed E-state index contributed by atoms with van der Waals surface area (Å²) in [4.78, 5) is 11.0. The Morgan fingerprint density at radius 3 is 1.94 bits per heavy atom. The van der Waals surface area contributed by atoms with E-state index in [-0.39, 0.29) is 4.57 Å². The second-order valence-corrected chi connectivity index (χ2v) is 3.44. The lowest BCUT2D eigenvalue weighted by atomic mass is 10.1. The first kappa shape index (κ1) is 14.5. The Kier molecular flexibility index (Phi) is 3.17. The summed E-state index contributed by atoms with van der Waals surface area (Å²) in [6.45, 7) is 0. The Balaban J connectivity index is 3.18. The van der Waals surface area contributed by atoms with Gasteiger partial charge in [-0.15, -0.1) is 0 Å². The Morgan fingerprint density at radius 1 is 1.11 bits per heavy atom. The van der Waals surface area contributed by atoms with E-state index in [0.29, 0.717) is 12.5 Å². The molecular weight excluding hydrogens is 273 g/mol. The van der Waals surface area contributed by atoms with Crippen molar-refractivity contribution in [1.29, 1.82) is 0 Å². The molecule has 0 amide bonds. The van der Waals surface area contributed by atoms with Crippen molar-refractivity contribution in [2.75, 3.05) is 0 Å². The maximum absolute atomic E-state index is 12.9. The minimum atomic E-state index is -6.53. The van der Waals surface area contributed by atoms with Crippen molar-refractivity contribution in [3.05, 3.63) is 18.7 Å². The number of halogens is 7. The summed E-state index contributed by atoms with van der Waals surface area (Å²) < 4.78 is 87.4. The van der Waals surface area contributed by atoms with E-state index in [9.17, 15) is 35.5 Å². The van der Waals surface area contributed by atoms with Crippen LogP contribution in [0.4, 0.5) is 30.7 Å². The molecule has 0 unspecified atom stereocenters. The topological polar surface area (TPSA) is 25.9 Å². The van der Waals surface area contributed by atoms with E-state index in [1.165, 1.54) is 7.05 Å². The number of carbonyl (C=O) groups excluding carboxylic acids is 1. The van der Waals surface area contributed by atoms with Crippen LogP contribution in [0, 0.1) is 0 Å². The van der Waals surface area contributed by atoms with Crippen LogP contribution in [0.2, 0.25) is 0 Å². The quantitative estimate of drug-likeness (QED) is 0.598. The minimum Gasteiger partial charge on any atom is -0.239 e. The Labute approximate surface area is 95.4 Å². The van der Waals surface area contributed by atoms with E-state index in [1.807, 2.05) is 0 Å². The molecule has 1 heterocycles. The fourth-order valence-corrected chi connectivity index (χ4v) is 1.04. The molecule has 10 heteroatoms. The first-order chi connectivity index (χ1) is 7.91. The van der Waals surface area contributed by atoms with Gasteiger partial charge < -0.3 is 0 Å². The Morgan fingerprint density at radius 2 is 1.61 bits per heavy atom. The molecule has 18 heavy (non-hydrogen) atoms. The Bertz CT molecular complexity index is 462. The highest BCUT2D eigenvalue weighted by Crippen LogP contribution is 2.46. The molecule has 1 rings (SSSR count). The summed E-state index contributed by atoms with van der Waals surface area (Å²) in [5.41, 5.74) is 0. The van der Waals surface area contributed by atoms with Gasteiger partial charge in [0.15, 0.2) is 0 Å². The van der Waals surface area contributed by atoms with Crippen molar-refractivity contribution in [1.82, 2.24) is 4.57 Å². The first-order valence-corrected chi connectivity index (χ1v) is 4.31. The molecule has 0 aliphatic heterocycles. The number of nitrogens with zero attached hydrogens (tertiary/aromatic N) is 2. The summed E-state index contributed by atoms with van der Waals surface area (Å²) in [6.07, 6.45) is -4.22. The summed E-state index contributed by atoms with van der Waals surface area (Å²) in [6, 6.07) is 0. The van der Waals surface area contributed by atoms with Crippen molar-refractivity contribution >= 4 is 5.91 Å². The van der Waals surface area contributed by atoms with Crippen LogP contribution in [0.3, 0.4) is 0 Å². The molecule has 0 saturated carbocycles. The lowest BCUT2D eigenvalue weighted by Crippen LogP contribution is -2.57. The van der Waals surface area contributed by atoms with Crippen LogP contribution in [0.5, 0.6) is 0 Å². The molecule has 0 spiro atoms. The van der Waals surface area contributed by atoms with Crippen molar-refractivity contribution < 1.29 is 40.1 Å². The number of rotatable bonds is 2. The van der Waals surface area contributed by atoms with Crippen LogP contribution in [0.15, 0.2) is 18.7 Å². The first-order valence-electron chi connectivity index (χ1n) is 4.31. The van der Waals surface area contributed by atoms with E-state index in [4.69, 9.17) is 0 Å². The van der Waals surface area contributed by atoms with Gasteiger partial charge in [-0.3, -0.25) is 0 Å². The summed E-state index contributed by atoms with van der Waals surface area (Å²) in [5.74, 6) is -15.0. The largest absolute Gasteiger partial charge is 0.460 e. The molecule has 0 saturated heterocycles. The minimum absolute atomic E-state index is 0.0420. The number of aromatic nitrogens is 2. The number of aryl methyl sites for hydroxylation is 1. The summed E-state index contributed by atoms with van der Waals surface area (Å²) in [5, 5.41) is 0. The monoisotopic (exact) mass is 279 g/mol. The lowest BCUT2D eigenvalue weighted by molar-refractivity contribution is -0.670. The Hall–Kier alpha value is -1.61. The van der Waals surface area contributed by atoms with Crippen LogP contribution in [-0.2, 0) is 7.05 Å². The molecule has 0 aliphatic rings. The van der Waals surface area contributed by atoms with Gasteiger partial charge in [-0.2, -0.15) is 35.3 Å². The predicted octanol–water partition coefficient (Wildman–Crippen LogP) is 1.79. The van der Waals surface area contributed by atoms with Crippen molar-refractivity contribution in [3.8, 4) is 0 Å². The van der Waals surface area contributed by atoms with Gasteiger partial charge in [-0.25, -0.2) is 9.36 Å². The molecule has 0 aromatic carbocycles. The highest BCUT2D eigenvalue weighted by Gasteiger charge is 2.77. The average Bonchev–Trinajstić information content (AvgIpc) is 2.61. The molecule has 0 atom stereocenters. The summed E-state index contributed by atoms with van der Waals surface area (Å²) >= 11 is 0. The number of carbonyl (C=O) groups is 1. The van der Waals surface area contributed by atoms with Crippen LogP contribution in [0.1, 0.15) is 4.79 Å². The lowest BCUT2D eigenvalue weighted by Gasteiger charge is -2.25. The summed E-state index contributed by atoms with van der Waals surface area (Å²) in [7, 11) is 1.27. The number of alkyl halides is 7. The van der Waals surface area contributed by atoms with E-state index in [0.717, 1.165) is 10.8 Å². The molecule has 0 N–H and O–H groups in total. The molecule has 0 radical (unpaired) electrons. The van der Waals surface area contributed by atoms with Gasteiger partial charge in [0.05, 0.1) is 7.05 Å². The normalized spacial score (nSPS) is 13.8. The third-order valence-corrected chi connectivity index (χ3v) is 2.02. The molecule has 1 aromatic heterocycles. The molecule has 0 bridgehead atoms. The third kappa shape index (κ3) is 2.06. The maximum atomic E-state index is 12.9. The van der Waals surface area contributed by atoms with Crippen LogP contribution in [0.25, 0.3) is 0 Å². The highest BCUT2D eigenvalue weighted by molar-refractivity contribution is 5.86. The van der Waals surface area contributed by atoms with Crippen LogP contribution in [-0.4, -0.2) is 28.5 Å². The van der Waals surface area contributed by atoms with Gasteiger partial charge in [-0.05, 0) is 0 Å². The average molecular weight is 279 g/mol. The van der Waals surface area contributed by atoms with E-state index < -0.39 is 23.9 Å². The number of hydrogen-bond donors (Lipinski definition) is 0. The van der Waals surface area contributed by atoms with Gasteiger partial charge >= 0.3 is 23.9 Å². The molecular formula is C8H6F7N2O+. The molecule has 1 aromatic rings. The van der Waals surface area contributed by atoms with E-state index in [2.05, 4.69) is 0 Å². The van der Waals surface area contributed by atoms with Crippen molar-refractivity contribution in [2.24, 2.45) is 7.05 Å². The van der Waals surface area contributed by atoms with E-state index in [1.54, 1.807) is 0 Å². The van der Waals surface area contributed by atoms with Crippen molar-refractivity contribution in [3.63, 3.8) is 0 Å². The maximum Gasteiger partial charge on any atom is 0.460 e. The van der Waals surface area contributed by atoms with E-state index >= 15 is 0 Å². The molecule has 102 valence electrons. The fourth-order valence-electron chi connectivity index (χ4n) is 1.04. The van der Waals surface area contributed by atoms with Gasteiger partial charge in [0.25, 0.3) is 6.33 Å². The van der Waals surface area contributed by atoms with Gasteiger partial charge in [0.1, 0.15) is 12.4 Å². The van der Waals surface area contributed by atoms with Crippen LogP contribution < -0.4 is 4.57 Å². The zero-order valence-corrected chi connectivity index (χ0v) is 8.68. The smallest absolute Gasteiger partial charge is 0.239 e. The van der Waals surface area contributed by atoms with Gasteiger partial charge in [0, 0.05) is 0 Å². The number of imidazole rings is 1. The fraction of sp³-hybridized carbons (Fsp3) is 0.500. The van der Waals surface area contributed by atoms with Gasteiger partial charge in [0.2, 0.25) is 0 Å². The zero-order chi connectivity index (χ0) is 14.4. The highest BCUT2D eigenvalue weighted by atomic mass is 19.4. The second-order valence-electron chi connectivity index (χ2n) is 3.44. The zero-order valence-electron chi connectivity index (χ0n) is 8.68. The molecule has 0 fully saturated rings. The SMILES string of the molecule is C[n+]1ccn(C(=O)C(F)(F)C(F)(F)C(F)(F)F)c1. The van der Waals surface area contributed by atoms with Crippen LogP contribution >= 0.6 is 0 Å². The van der Waals surface area contributed by atoms with Gasteiger partial charge in [-0.1, -0.05) is 0 Å². The third-order valence-electron chi connectivity index (χ3n) is 2.02. The molecule has 0 aliphatic carbocycles.